The van der Waals surface area contributed by atoms with Gasteiger partial charge in [0.1, 0.15) is 17.9 Å². The number of carbonyl (C=O) groups is 7. The molecule has 13 N–H and O–H groups in total. The Balaban J connectivity index is 0.000000205. The Bertz CT molecular complexity index is 5570. The second-order valence-electron chi connectivity index (χ2n) is 23.7. The third kappa shape index (κ3) is 26.4. The molecule has 110 heavy (non-hydrogen) atoms. The van der Waals surface area contributed by atoms with E-state index in [-0.39, 0.29) is 46.9 Å². The first-order valence-corrected chi connectivity index (χ1v) is 39.6. The fourth-order valence-corrected chi connectivity index (χ4v) is 13.6. The molecule has 0 spiro atoms. The average molecular weight is 1600 g/mol. The van der Waals surface area contributed by atoms with Crippen LogP contribution in [0.1, 0.15) is 53.3 Å². The van der Waals surface area contributed by atoms with Crippen LogP contribution in [-0.4, -0.2) is 130 Å². The van der Waals surface area contributed by atoms with Crippen LogP contribution in [0.25, 0.3) is 22.3 Å². The number of hydrogen-bond acceptors (Lipinski definition) is 19. The van der Waals surface area contributed by atoms with Crippen molar-refractivity contribution in [2.45, 2.75) is 52.2 Å². The van der Waals surface area contributed by atoms with Crippen molar-refractivity contribution >= 4 is 114 Å². The normalized spacial score (nSPS) is 11.3. The van der Waals surface area contributed by atoms with Crippen LogP contribution in [-0.2, 0) is 73.6 Å². The first-order chi connectivity index (χ1) is 51.7. The van der Waals surface area contributed by atoms with Gasteiger partial charge in [0.2, 0.25) is 57.8 Å². The van der Waals surface area contributed by atoms with Crippen LogP contribution in [0.2, 0.25) is 0 Å². The van der Waals surface area contributed by atoms with Crippen LogP contribution in [0.4, 0.5) is 22.7 Å². The number of benzene rings is 10. The molecule has 0 aliphatic heterocycles. The van der Waals surface area contributed by atoms with Crippen molar-refractivity contribution in [1.82, 2.24) is 14.2 Å². The molecule has 0 bridgehead atoms. The van der Waals surface area contributed by atoms with Gasteiger partial charge >= 0.3 is 17.9 Å². The molecule has 0 heterocycles. The van der Waals surface area contributed by atoms with Gasteiger partial charge in [0.25, 0.3) is 16.0 Å². The molecule has 10 aromatic rings. The standard InChI is InChI=1S/C22H20N2O5S.C22H19NO7S.C16H16N2O5S.C15H17N3O5S2/c1-15-2-4-16(5-3-15)17-8-12-20(13-9-17)30(28,29)23-14-21(25)24-19-10-6-18(7-11-19)22(26)27;1-14-2-4-15(5-3-14)16-6-9-18(10-7-16)31(28,29)30-13-21(25)23-17-8-11-19(22(26)27)20(24)12-17;1-11-2-8-14(9-3-11)24(22,23)17-10-15(19)18-13-6-4-12(5-7-13)16(20)21;1-11-2-6-14(7-3-11)25(22,23)17-10-15(19)18-12-4-8-13(9-5-12)24(16,20)21/h2-13,23H,14H2,1H3,(H,24,25)(H,26,27);2-12,24H,13H2,1H3,(H,23,25)(H,26,27);2-9,17H,10H2,1H3,(H,18,19)(H,20,21);2-9,17H,10H2,1H3,(H,18,19)(H2,16,20,21). The maximum absolute atomic E-state index is 12.4. The van der Waals surface area contributed by atoms with E-state index in [0.717, 1.165) is 56.6 Å². The monoisotopic (exact) mass is 1600 g/mol. The van der Waals surface area contributed by atoms with Gasteiger partial charge in [-0.05, 0) is 183 Å². The topological polar surface area (TPSA) is 491 Å². The predicted molar refractivity (Wildman–Crippen MR) is 408 cm³/mol. The number of phenols is 1. The lowest BCUT2D eigenvalue weighted by atomic mass is 10.0. The number of rotatable bonds is 26. The van der Waals surface area contributed by atoms with Crippen LogP contribution in [0.5, 0.6) is 5.75 Å². The van der Waals surface area contributed by atoms with Crippen LogP contribution in [0.15, 0.2) is 261 Å². The van der Waals surface area contributed by atoms with E-state index >= 15 is 0 Å². The molecule has 0 aromatic heterocycles. The van der Waals surface area contributed by atoms with Crippen LogP contribution < -0.4 is 40.6 Å². The number of aromatic carboxylic acids is 3. The summed E-state index contributed by atoms with van der Waals surface area (Å²) in [4.78, 5) is 80.1. The highest BCUT2D eigenvalue weighted by atomic mass is 32.2. The summed E-state index contributed by atoms with van der Waals surface area (Å²) in [5, 5.41) is 50.9. The van der Waals surface area contributed by atoms with E-state index in [1.807, 2.05) is 76.2 Å². The minimum absolute atomic E-state index is 0.0528. The highest BCUT2D eigenvalue weighted by Crippen LogP contribution is 2.26. The van der Waals surface area contributed by atoms with Crippen molar-refractivity contribution in [3.8, 4) is 28.0 Å². The number of carboxylic acids is 3. The van der Waals surface area contributed by atoms with E-state index in [1.54, 1.807) is 48.5 Å². The van der Waals surface area contributed by atoms with Gasteiger partial charge in [0, 0.05) is 28.8 Å². The molecule has 0 aliphatic carbocycles. The summed E-state index contributed by atoms with van der Waals surface area (Å²) in [6, 6.07) is 60.3. The number of primary sulfonamides is 1. The number of aryl methyl sites for hydroxylation is 4. The molecular weight excluding hydrogens is 1530 g/mol. The average Bonchev–Trinajstić information content (AvgIpc) is 0.833. The van der Waals surface area contributed by atoms with Crippen molar-refractivity contribution in [2.75, 3.05) is 47.5 Å². The molecule has 574 valence electrons. The van der Waals surface area contributed by atoms with E-state index in [4.69, 9.17) is 24.6 Å². The number of aromatic hydroxyl groups is 1. The largest absolute Gasteiger partial charge is 0.507 e. The Morgan fingerprint density at radius 2 is 0.591 bits per heavy atom. The van der Waals surface area contributed by atoms with Crippen molar-refractivity contribution in [3.63, 3.8) is 0 Å². The number of nitrogens with two attached hydrogens (primary N) is 1. The number of amides is 4. The molecule has 4 amide bonds. The van der Waals surface area contributed by atoms with Gasteiger partial charge in [-0.1, -0.05) is 119 Å². The van der Waals surface area contributed by atoms with Gasteiger partial charge in [0.15, 0.2) is 0 Å². The summed E-state index contributed by atoms with van der Waals surface area (Å²) in [5.41, 5.74) is 8.73. The lowest BCUT2D eigenvalue weighted by Gasteiger charge is -2.09. The van der Waals surface area contributed by atoms with Gasteiger partial charge < -0.3 is 41.7 Å². The van der Waals surface area contributed by atoms with Crippen molar-refractivity contribution < 1.29 is 100 Å². The fraction of sp³-hybridized carbons (Fsp3) is 0.107. The Kier molecular flexibility index (Phi) is 29.5. The summed E-state index contributed by atoms with van der Waals surface area (Å²) in [7, 11) is -19.4. The molecular formula is C75H72N8O22S5. The predicted octanol–water partition coefficient (Wildman–Crippen LogP) is 8.86. The van der Waals surface area contributed by atoms with E-state index in [0.29, 0.717) is 17.1 Å². The maximum atomic E-state index is 12.4. The van der Waals surface area contributed by atoms with Gasteiger partial charge in [-0.15, -0.1) is 0 Å². The minimum Gasteiger partial charge on any atom is -0.507 e. The molecule has 0 unspecified atom stereocenters. The summed E-state index contributed by atoms with van der Waals surface area (Å²) >= 11 is 0. The highest BCUT2D eigenvalue weighted by molar-refractivity contribution is 7.90. The lowest BCUT2D eigenvalue weighted by Crippen LogP contribution is -2.32. The molecule has 0 aliphatic rings. The maximum Gasteiger partial charge on any atom is 0.339 e. The second kappa shape index (κ2) is 38.1. The van der Waals surface area contributed by atoms with E-state index in [2.05, 4.69) is 35.4 Å². The molecule has 30 nitrogen and oxygen atoms in total. The van der Waals surface area contributed by atoms with Crippen molar-refractivity contribution in [2.24, 2.45) is 5.14 Å². The number of carbonyl (C=O) groups excluding carboxylic acids is 4. The number of carboxylic acid groups (broad SMARTS) is 3. The molecule has 0 atom stereocenters. The quantitative estimate of drug-likeness (QED) is 0.0225. The number of hydrogen-bond donors (Lipinski definition) is 12. The Morgan fingerprint density at radius 1 is 0.327 bits per heavy atom. The molecule has 35 heteroatoms. The van der Waals surface area contributed by atoms with Crippen molar-refractivity contribution in [3.05, 3.63) is 276 Å². The van der Waals surface area contributed by atoms with E-state index < -0.39 is 124 Å². The summed E-state index contributed by atoms with van der Waals surface area (Å²) < 4.78 is 132. The Hall–Kier alpha value is -12.2. The van der Waals surface area contributed by atoms with Crippen LogP contribution in [0.3, 0.4) is 0 Å². The third-order valence-electron chi connectivity index (χ3n) is 15.2. The second-order valence-corrected chi connectivity index (χ2v) is 32.1. The highest BCUT2D eigenvalue weighted by Gasteiger charge is 2.22. The van der Waals surface area contributed by atoms with Gasteiger partial charge in [-0.25, -0.2) is 67.4 Å². The van der Waals surface area contributed by atoms with Crippen molar-refractivity contribution in [1.29, 1.82) is 0 Å². The zero-order chi connectivity index (χ0) is 80.7. The molecule has 0 saturated heterocycles. The van der Waals surface area contributed by atoms with Crippen LogP contribution >= 0.6 is 0 Å². The lowest BCUT2D eigenvalue weighted by molar-refractivity contribution is -0.118. The zero-order valence-corrected chi connectivity index (χ0v) is 62.7. The van der Waals surface area contributed by atoms with E-state index in [1.165, 1.54) is 127 Å². The van der Waals surface area contributed by atoms with Crippen LogP contribution in [0, 0.1) is 27.7 Å². The summed E-state index contributed by atoms with van der Waals surface area (Å²) in [6.45, 7) is 5.49. The first-order valence-electron chi connectivity index (χ1n) is 32.2. The fourth-order valence-electron chi connectivity index (χ4n) is 9.22. The summed E-state index contributed by atoms with van der Waals surface area (Å²) in [5.74, 6) is -6.52. The molecule has 0 fully saturated rings. The number of anilines is 4. The molecule has 10 aromatic carbocycles. The minimum atomic E-state index is -4.17. The third-order valence-corrected chi connectivity index (χ3v) is 21.6. The summed E-state index contributed by atoms with van der Waals surface area (Å²) in [6.07, 6.45) is 0. The Morgan fingerprint density at radius 3 is 0.891 bits per heavy atom. The zero-order valence-electron chi connectivity index (χ0n) is 58.6. The van der Waals surface area contributed by atoms with E-state index in [9.17, 15) is 80.8 Å². The number of nitrogens with one attached hydrogen (secondary N) is 7. The first kappa shape index (κ1) is 85.1. The molecule has 10 rings (SSSR count). The smallest absolute Gasteiger partial charge is 0.339 e. The van der Waals surface area contributed by atoms with Gasteiger partial charge in [-0.3, -0.25) is 23.4 Å². The van der Waals surface area contributed by atoms with Gasteiger partial charge in [-0.2, -0.15) is 8.42 Å². The number of sulfonamides is 4. The molecule has 0 radical (unpaired) electrons. The SMILES string of the molecule is Cc1ccc(-c2ccc(S(=O)(=O)NCC(=O)Nc3ccc(C(=O)O)cc3)cc2)cc1.Cc1ccc(-c2ccc(S(=O)(=O)OCC(=O)Nc3ccc(C(=O)O)c(O)c3)cc2)cc1.Cc1ccc(S(=O)(=O)NCC(=O)Nc2ccc(C(=O)O)cc2)cc1.Cc1ccc(S(=O)(=O)NCC(=O)Nc2ccc(S(N)(=O)=O)cc2)cc1. The van der Waals surface area contributed by atoms with Gasteiger partial charge in [0.05, 0.1) is 55.2 Å². The Labute approximate surface area is 633 Å². The molecule has 0 saturated carbocycles.